The Hall–Kier alpha value is -2.24. The zero-order valence-corrected chi connectivity index (χ0v) is 14.8. The number of hydrogen-bond donors (Lipinski definition) is 2. The molecule has 6 nitrogen and oxygen atoms in total. The highest BCUT2D eigenvalue weighted by Crippen LogP contribution is 2.52. The van der Waals surface area contributed by atoms with E-state index in [-0.39, 0.29) is 23.8 Å². The molecule has 5 unspecified atom stereocenters. The summed E-state index contributed by atoms with van der Waals surface area (Å²) in [5.41, 5.74) is 0.890. The number of methoxy groups -OCH3 is 2. The Balaban J connectivity index is 1.73. The van der Waals surface area contributed by atoms with Crippen molar-refractivity contribution >= 4 is 11.9 Å². The van der Waals surface area contributed by atoms with Gasteiger partial charge in [0, 0.05) is 0 Å². The molecule has 0 spiro atoms. The molecule has 5 atom stereocenters. The fourth-order valence-corrected chi connectivity index (χ4v) is 4.54. The van der Waals surface area contributed by atoms with Gasteiger partial charge in [0.15, 0.2) is 11.5 Å². The predicted molar refractivity (Wildman–Crippen MR) is 91.6 cm³/mol. The molecule has 2 N–H and O–H groups in total. The molecule has 0 aromatic heterocycles. The van der Waals surface area contributed by atoms with Crippen molar-refractivity contribution in [2.45, 2.75) is 32.2 Å². The molecular formula is C19H25NO5. The normalized spacial score (nSPS) is 28.4. The summed E-state index contributed by atoms with van der Waals surface area (Å²) in [5.74, 6) is -0.380. The van der Waals surface area contributed by atoms with Gasteiger partial charge < -0.3 is 19.9 Å². The van der Waals surface area contributed by atoms with Crippen molar-refractivity contribution in [3.63, 3.8) is 0 Å². The van der Waals surface area contributed by atoms with Crippen LogP contribution >= 0.6 is 0 Å². The second-order valence-electron chi connectivity index (χ2n) is 7.07. The third-order valence-electron chi connectivity index (χ3n) is 5.77. The van der Waals surface area contributed by atoms with Gasteiger partial charge in [0.2, 0.25) is 5.91 Å². The monoisotopic (exact) mass is 347 g/mol. The summed E-state index contributed by atoms with van der Waals surface area (Å²) in [6.45, 7) is 1.89. The molecule has 1 aromatic carbocycles. The van der Waals surface area contributed by atoms with Crippen LogP contribution < -0.4 is 14.8 Å². The summed E-state index contributed by atoms with van der Waals surface area (Å²) in [4.78, 5) is 24.4. The molecule has 136 valence electrons. The van der Waals surface area contributed by atoms with E-state index in [1.807, 2.05) is 19.1 Å². The minimum Gasteiger partial charge on any atom is -0.493 e. The van der Waals surface area contributed by atoms with Crippen LogP contribution in [0.2, 0.25) is 0 Å². The van der Waals surface area contributed by atoms with Crippen molar-refractivity contribution < 1.29 is 24.2 Å². The van der Waals surface area contributed by atoms with Crippen LogP contribution in [0.15, 0.2) is 18.2 Å². The van der Waals surface area contributed by atoms with Gasteiger partial charge in [-0.2, -0.15) is 0 Å². The van der Waals surface area contributed by atoms with E-state index >= 15 is 0 Å². The highest BCUT2D eigenvalue weighted by Gasteiger charge is 2.54. The number of carboxylic acid groups (broad SMARTS) is 1. The maximum atomic E-state index is 12.8. The standard InChI is InChI=1S/C19H25NO5/c1-10(11-6-7-14(24-2)15(9-11)25-3)20-18(21)16-12-4-5-13(8-12)17(16)19(22)23/h6-7,9-10,12-13,16-17H,4-5,8H2,1-3H3,(H,20,21)(H,22,23). The smallest absolute Gasteiger partial charge is 0.307 e. The van der Waals surface area contributed by atoms with Crippen molar-refractivity contribution in [2.75, 3.05) is 14.2 Å². The molecule has 0 saturated heterocycles. The first-order chi connectivity index (χ1) is 12.0. The largest absolute Gasteiger partial charge is 0.493 e. The Kier molecular flexibility index (Phi) is 4.88. The fourth-order valence-electron chi connectivity index (χ4n) is 4.54. The highest BCUT2D eigenvalue weighted by atomic mass is 16.5. The van der Waals surface area contributed by atoms with Gasteiger partial charge in [0.05, 0.1) is 32.1 Å². The van der Waals surface area contributed by atoms with Crippen molar-refractivity contribution in [3.05, 3.63) is 23.8 Å². The van der Waals surface area contributed by atoms with Crippen LogP contribution in [0.3, 0.4) is 0 Å². The molecule has 2 fully saturated rings. The molecule has 2 aliphatic rings. The zero-order valence-electron chi connectivity index (χ0n) is 14.8. The van der Waals surface area contributed by atoms with Gasteiger partial charge in [-0.1, -0.05) is 6.07 Å². The molecule has 2 bridgehead atoms. The highest BCUT2D eigenvalue weighted by molar-refractivity contribution is 5.86. The van der Waals surface area contributed by atoms with Crippen molar-refractivity contribution in [1.82, 2.24) is 5.32 Å². The first kappa shape index (κ1) is 17.6. The number of carbonyl (C=O) groups is 2. The van der Waals surface area contributed by atoms with Gasteiger partial charge in [-0.15, -0.1) is 0 Å². The zero-order chi connectivity index (χ0) is 18.1. The van der Waals surface area contributed by atoms with Crippen LogP contribution in [0.5, 0.6) is 11.5 Å². The summed E-state index contributed by atoms with van der Waals surface area (Å²) in [7, 11) is 3.14. The average molecular weight is 347 g/mol. The second kappa shape index (κ2) is 6.94. The van der Waals surface area contributed by atoms with E-state index in [0.29, 0.717) is 11.5 Å². The maximum absolute atomic E-state index is 12.8. The Morgan fingerprint density at radius 3 is 2.36 bits per heavy atom. The molecule has 2 saturated carbocycles. The maximum Gasteiger partial charge on any atom is 0.307 e. The summed E-state index contributed by atoms with van der Waals surface area (Å²) >= 11 is 0. The topological polar surface area (TPSA) is 84.9 Å². The van der Waals surface area contributed by atoms with E-state index < -0.39 is 17.8 Å². The summed E-state index contributed by atoms with van der Waals surface area (Å²) in [6.07, 6.45) is 2.74. The third kappa shape index (κ3) is 3.17. The number of hydrogen-bond acceptors (Lipinski definition) is 4. The Labute approximate surface area is 147 Å². The van der Waals surface area contributed by atoms with Gasteiger partial charge >= 0.3 is 5.97 Å². The SMILES string of the molecule is COc1ccc(C(C)NC(=O)C2C3CCC(C3)C2C(=O)O)cc1OC. The number of fused-ring (bicyclic) bond motifs is 2. The van der Waals surface area contributed by atoms with E-state index in [4.69, 9.17) is 9.47 Å². The van der Waals surface area contributed by atoms with Crippen LogP contribution in [0.25, 0.3) is 0 Å². The molecule has 2 aliphatic carbocycles. The van der Waals surface area contributed by atoms with Crippen molar-refractivity contribution in [3.8, 4) is 11.5 Å². The van der Waals surface area contributed by atoms with E-state index in [9.17, 15) is 14.7 Å². The van der Waals surface area contributed by atoms with Crippen molar-refractivity contribution in [2.24, 2.45) is 23.7 Å². The molecule has 0 radical (unpaired) electrons. The third-order valence-corrected chi connectivity index (χ3v) is 5.77. The Morgan fingerprint density at radius 1 is 1.12 bits per heavy atom. The van der Waals surface area contributed by atoms with Crippen LogP contribution in [-0.2, 0) is 9.59 Å². The van der Waals surface area contributed by atoms with Gasteiger partial charge in [0.1, 0.15) is 0 Å². The molecule has 6 heteroatoms. The van der Waals surface area contributed by atoms with Crippen LogP contribution in [0.1, 0.15) is 37.8 Å². The number of benzene rings is 1. The molecular weight excluding hydrogens is 322 g/mol. The van der Waals surface area contributed by atoms with E-state index in [1.165, 1.54) is 0 Å². The van der Waals surface area contributed by atoms with Gasteiger partial charge in [-0.3, -0.25) is 9.59 Å². The number of rotatable bonds is 6. The van der Waals surface area contributed by atoms with Crippen LogP contribution in [-0.4, -0.2) is 31.2 Å². The van der Waals surface area contributed by atoms with Crippen molar-refractivity contribution in [1.29, 1.82) is 0 Å². The minimum atomic E-state index is -0.842. The lowest BCUT2D eigenvalue weighted by atomic mass is 9.78. The first-order valence-electron chi connectivity index (χ1n) is 8.71. The minimum absolute atomic E-state index is 0.148. The lowest BCUT2D eigenvalue weighted by molar-refractivity contribution is -0.149. The van der Waals surface area contributed by atoms with Gasteiger partial charge in [0.25, 0.3) is 0 Å². The van der Waals surface area contributed by atoms with Gasteiger partial charge in [-0.05, 0) is 55.7 Å². The number of aliphatic carboxylic acids is 1. The van der Waals surface area contributed by atoms with Gasteiger partial charge in [-0.25, -0.2) is 0 Å². The van der Waals surface area contributed by atoms with Crippen LogP contribution in [0, 0.1) is 23.7 Å². The number of carbonyl (C=O) groups excluding carboxylic acids is 1. The van der Waals surface area contributed by atoms with E-state index in [2.05, 4.69) is 5.32 Å². The average Bonchev–Trinajstić information content (AvgIpc) is 3.22. The predicted octanol–water partition coefficient (Wildman–Crippen LogP) is 2.63. The quantitative estimate of drug-likeness (QED) is 0.826. The number of ether oxygens (including phenoxy) is 2. The fraction of sp³-hybridized carbons (Fsp3) is 0.579. The van der Waals surface area contributed by atoms with E-state index in [0.717, 1.165) is 24.8 Å². The number of nitrogens with one attached hydrogen (secondary N) is 1. The Bertz CT molecular complexity index is 674. The summed E-state index contributed by atoms with van der Waals surface area (Å²) < 4.78 is 10.5. The molecule has 3 rings (SSSR count). The lowest BCUT2D eigenvalue weighted by Crippen LogP contribution is -2.42. The molecule has 0 heterocycles. The summed E-state index contributed by atoms with van der Waals surface area (Å²) in [6, 6.07) is 5.27. The molecule has 25 heavy (non-hydrogen) atoms. The molecule has 1 amide bonds. The molecule has 0 aliphatic heterocycles. The molecule has 1 aromatic rings. The van der Waals surface area contributed by atoms with Crippen LogP contribution in [0.4, 0.5) is 0 Å². The summed E-state index contributed by atoms with van der Waals surface area (Å²) in [5, 5.41) is 12.5. The number of amides is 1. The Morgan fingerprint density at radius 2 is 1.76 bits per heavy atom. The first-order valence-corrected chi connectivity index (χ1v) is 8.71. The second-order valence-corrected chi connectivity index (χ2v) is 7.07. The van der Waals surface area contributed by atoms with E-state index in [1.54, 1.807) is 20.3 Å². The lowest BCUT2D eigenvalue weighted by Gasteiger charge is -2.28. The number of carboxylic acids is 1.